The lowest BCUT2D eigenvalue weighted by atomic mass is 10.1. The molecule has 1 atom stereocenters. The molecule has 0 fully saturated rings. The Morgan fingerprint density at radius 1 is 1.29 bits per heavy atom. The zero-order valence-corrected chi connectivity index (χ0v) is 11.7. The molecule has 0 unspecified atom stereocenters. The van der Waals surface area contributed by atoms with Crippen LogP contribution in [0.1, 0.15) is 24.1 Å². The molecule has 0 aromatic heterocycles. The van der Waals surface area contributed by atoms with Crippen LogP contribution in [-0.4, -0.2) is 4.92 Å². The van der Waals surface area contributed by atoms with Crippen molar-refractivity contribution in [1.82, 2.24) is 0 Å². The third-order valence-electron chi connectivity index (χ3n) is 3.07. The first kappa shape index (κ1) is 14.9. The molecule has 2 aromatic rings. The van der Waals surface area contributed by atoms with E-state index in [0.717, 1.165) is 0 Å². The third kappa shape index (κ3) is 3.35. The van der Waals surface area contributed by atoms with Crippen LogP contribution in [0.3, 0.4) is 0 Å². The Labute approximate surface area is 121 Å². The van der Waals surface area contributed by atoms with Crippen LogP contribution in [0.5, 0.6) is 11.5 Å². The topological polar surface area (TPSA) is 78.4 Å². The monoisotopic (exact) mass is 290 g/mol. The molecule has 110 valence electrons. The number of nitro groups is 1. The smallest absolute Gasteiger partial charge is 0.272 e. The summed E-state index contributed by atoms with van der Waals surface area (Å²) < 4.78 is 19.3. The lowest BCUT2D eigenvalue weighted by Gasteiger charge is -2.10. The van der Waals surface area contributed by atoms with E-state index in [0.29, 0.717) is 16.9 Å². The number of nitro benzene ring substituents is 1. The maximum Gasteiger partial charge on any atom is 0.272 e. The number of nitrogens with two attached hydrogens (primary N) is 1. The van der Waals surface area contributed by atoms with Gasteiger partial charge in [-0.1, -0.05) is 6.07 Å². The van der Waals surface area contributed by atoms with E-state index in [1.165, 1.54) is 30.3 Å². The van der Waals surface area contributed by atoms with Crippen LogP contribution in [0.25, 0.3) is 0 Å². The lowest BCUT2D eigenvalue weighted by Crippen LogP contribution is -2.05. The molecular formula is C15H15FN2O3. The first-order valence-electron chi connectivity index (χ1n) is 6.36. The molecule has 21 heavy (non-hydrogen) atoms. The van der Waals surface area contributed by atoms with E-state index in [9.17, 15) is 14.5 Å². The van der Waals surface area contributed by atoms with Gasteiger partial charge in [-0.15, -0.1) is 0 Å². The Morgan fingerprint density at radius 2 is 2.00 bits per heavy atom. The van der Waals surface area contributed by atoms with Gasteiger partial charge in [-0.3, -0.25) is 10.1 Å². The van der Waals surface area contributed by atoms with E-state index in [4.69, 9.17) is 10.5 Å². The van der Waals surface area contributed by atoms with Crippen molar-refractivity contribution >= 4 is 5.69 Å². The van der Waals surface area contributed by atoms with E-state index >= 15 is 0 Å². The van der Waals surface area contributed by atoms with Crippen LogP contribution < -0.4 is 10.5 Å². The largest absolute Gasteiger partial charge is 0.454 e. The zero-order chi connectivity index (χ0) is 15.6. The summed E-state index contributed by atoms with van der Waals surface area (Å²) in [4.78, 5) is 10.3. The van der Waals surface area contributed by atoms with Crippen molar-refractivity contribution in [3.05, 3.63) is 63.5 Å². The number of hydrogen-bond acceptors (Lipinski definition) is 4. The van der Waals surface area contributed by atoms with E-state index in [1.54, 1.807) is 19.9 Å². The second-order valence-corrected chi connectivity index (χ2v) is 4.79. The molecule has 0 saturated carbocycles. The minimum absolute atomic E-state index is 0.00451. The second kappa shape index (κ2) is 5.88. The SMILES string of the molecule is Cc1cc(Oc2ccc([C@@H](C)N)cc2F)ccc1[N+](=O)[O-]. The number of rotatable bonds is 4. The van der Waals surface area contributed by atoms with Gasteiger partial charge in [-0.25, -0.2) is 4.39 Å². The number of hydrogen-bond donors (Lipinski definition) is 1. The molecule has 0 aliphatic carbocycles. The molecule has 0 amide bonds. The number of ether oxygens (including phenoxy) is 1. The van der Waals surface area contributed by atoms with Crippen molar-refractivity contribution in [3.63, 3.8) is 0 Å². The van der Waals surface area contributed by atoms with E-state index in [-0.39, 0.29) is 17.5 Å². The Morgan fingerprint density at radius 3 is 2.52 bits per heavy atom. The average molecular weight is 290 g/mol. The van der Waals surface area contributed by atoms with E-state index in [2.05, 4.69) is 0 Å². The van der Waals surface area contributed by atoms with Crippen molar-refractivity contribution in [2.45, 2.75) is 19.9 Å². The minimum atomic E-state index is -0.527. The number of benzene rings is 2. The van der Waals surface area contributed by atoms with Gasteiger partial charge in [0, 0.05) is 17.7 Å². The van der Waals surface area contributed by atoms with Crippen LogP contribution in [0, 0.1) is 22.9 Å². The van der Waals surface area contributed by atoms with Crippen LogP contribution in [-0.2, 0) is 0 Å². The van der Waals surface area contributed by atoms with Gasteiger partial charge in [0.05, 0.1) is 4.92 Å². The van der Waals surface area contributed by atoms with Crippen molar-refractivity contribution in [2.24, 2.45) is 5.73 Å². The molecular weight excluding hydrogens is 275 g/mol. The summed E-state index contributed by atoms with van der Waals surface area (Å²) in [5.74, 6) is -0.140. The minimum Gasteiger partial charge on any atom is -0.454 e. The van der Waals surface area contributed by atoms with E-state index < -0.39 is 10.7 Å². The Bertz CT molecular complexity index is 687. The average Bonchev–Trinajstić information content (AvgIpc) is 2.40. The Kier molecular flexibility index (Phi) is 4.18. The highest BCUT2D eigenvalue weighted by Crippen LogP contribution is 2.29. The molecule has 2 N–H and O–H groups in total. The molecule has 2 aromatic carbocycles. The van der Waals surface area contributed by atoms with Crippen molar-refractivity contribution in [3.8, 4) is 11.5 Å². The summed E-state index contributed by atoms with van der Waals surface area (Å²) in [7, 11) is 0. The Balaban J connectivity index is 2.26. The Hall–Kier alpha value is -2.47. The second-order valence-electron chi connectivity index (χ2n) is 4.79. The summed E-state index contributed by atoms with van der Waals surface area (Å²) in [5, 5.41) is 10.7. The number of nitrogens with zero attached hydrogens (tertiary/aromatic N) is 1. The van der Waals surface area contributed by atoms with Gasteiger partial charge in [0.15, 0.2) is 11.6 Å². The molecule has 0 aliphatic rings. The molecule has 0 aliphatic heterocycles. The molecule has 0 heterocycles. The van der Waals surface area contributed by atoms with Gasteiger partial charge in [0.2, 0.25) is 0 Å². The lowest BCUT2D eigenvalue weighted by molar-refractivity contribution is -0.385. The molecule has 0 spiro atoms. The first-order valence-corrected chi connectivity index (χ1v) is 6.36. The van der Waals surface area contributed by atoms with Crippen LogP contribution in [0.4, 0.5) is 10.1 Å². The number of halogens is 1. The fraction of sp³-hybridized carbons (Fsp3) is 0.200. The molecule has 6 heteroatoms. The fourth-order valence-electron chi connectivity index (χ4n) is 1.91. The quantitative estimate of drug-likeness (QED) is 0.685. The van der Waals surface area contributed by atoms with E-state index in [1.807, 2.05) is 0 Å². The van der Waals surface area contributed by atoms with Crippen LogP contribution in [0.15, 0.2) is 36.4 Å². The standard InChI is InChI=1S/C15H15FN2O3/c1-9-7-12(4-5-14(9)18(19)20)21-15-6-3-11(10(2)17)8-13(15)16/h3-8,10H,17H2,1-2H3/t10-/m1/s1. The normalized spacial score (nSPS) is 12.0. The molecule has 0 radical (unpaired) electrons. The van der Waals surface area contributed by atoms with Crippen molar-refractivity contribution in [2.75, 3.05) is 0 Å². The van der Waals surface area contributed by atoms with Crippen molar-refractivity contribution < 1.29 is 14.1 Å². The maximum absolute atomic E-state index is 13.9. The molecule has 0 saturated heterocycles. The summed E-state index contributed by atoms with van der Waals surface area (Å²) in [6.07, 6.45) is 0. The summed E-state index contributed by atoms with van der Waals surface area (Å²) in [5.41, 5.74) is 6.79. The predicted molar refractivity (Wildman–Crippen MR) is 76.9 cm³/mol. The molecule has 0 bridgehead atoms. The summed E-state index contributed by atoms with van der Waals surface area (Å²) in [6.45, 7) is 3.36. The highest BCUT2D eigenvalue weighted by molar-refractivity contribution is 5.46. The molecule has 2 rings (SSSR count). The number of aryl methyl sites for hydroxylation is 1. The highest BCUT2D eigenvalue weighted by atomic mass is 19.1. The maximum atomic E-state index is 13.9. The first-order chi connectivity index (χ1) is 9.88. The van der Waals surface area contributed by atoms with Gasteiger partial charge < -0.3 is 10.5 Å². The predicted octanol–water partition coefficient (Wildman–Crippen LogP) is 3.85. The zero-order valence-electron chi connectivity index (χ0n) is 11.7. The van der Waals surface area contributed by atoms with Gasteiger partial charge >= 0.3 is 0 Å². The summed E-state index contributed by atoms with van der Waals surface area (Å²) in [6, 6.07) is 8.49. The summed E-state index contributed by atoms with van der Waals surface area (Å²) >= 11 is 0. The van der Waals surface area contributed by atoms with Gasteiger partial charge in [0.1, 0.15) is 5.75 Å². The highest BCUT2D eigenvalue weighted by Gasteiger charge is 2.13. The fourth-order valence-corrected chi connectivity index (χ4v) is 1.91. The van der Waals surface area contributed by atoms with Gasteiger partial charge in [0.25, 0.3) is 5.69 Å². The third-order valence-corrected chi connectivity index (χ3v) is 3.07. The van der Waals surface area contributed by atoms with Gasteiger partial charge in [-0.2, -0.15) is 0 Å². The molecule has 5 nitrogen and oxygen atoms in total. The van der Waals surface area contributed by atoms with Gasteiger partial charge in [-0.05, 0) is 43.7 Å². The van der Waals surface area contributed by atoms with Crippen molar-refractivity contribution in [1.29, 1.82) is 0 Å². The van der Waals surface area contributed by atoms with Crippen LogP contribution >= 0.6 is 0 Å². The van der Waals surface area contributed by atoms with Crippen LogP contribution in [0.2, 0.25) is 0 Å².